The average molecular weight is 262 g/mol. The molecule has 7 heteroatoms. The molecular formula is C12H16N5O2+. The minimum absolute atomic E-state index is 0.287. The highest BCUT2D eigenvalue weighted by Gasteiger charge is 2.31. The lowest BCUT2D eigenvalue weighted by Crippen LogP contribution is -2.45. The smallest absolute Gasteiger partial charge is 0.373 e. The molecule has 0 N–H and O–H groups in total. The van der Waals surface area contributed by atoms with Crippen molar-refractivity contribution in [2.75, 3.05) is 39.4 Å². The van der Waals surface area contributed by atoms with Gasteiger partial charge in [-0.1, -0.05) is 6.57 Å². The third kappa shape index (κ3) is 3.43. The lowest BCUT2D eigenvalue weighted by Gasteiger charge is -2.21. The van der Waals surface area contributed by atoms with Crippen LogP contribution in [0, 0.1) is 17.9 Å². The topological polar surface area (TPSA) is 65.2 Å². The Morgan fingerprint density at radius 3 is 2.63 bits per heavy atom. The molecule has 0 unspecified atom stereocenters. The van der Waals surface area contributed by atoms with E-state index in [1.807, 2.05) is 0 Å². The first-order chi connectivity index (χ1) is 9.35. The van der Waals surface area contributed by atoms with Gasteiger partial charge in [-0.3, -0.25) is 0 Å². The van der Waals surface area contributed by atoms with E-state index in [0.29, 0.717) is 19.2 Å². The molecule has 0 atom stereocenters. The second-order valence-corrected chi connectivity index (χ2v) is 4.31. The van der Waals surface area contributed by atoms with Crippen molar-refractivity contribution >= 4 is 11.9 Å². The number of nitrogens with zero attached hydrogens (tertiary/aromatic N) is 5. The van der Waals surface area contributed by atoms with Gasteiger partial charge in [0.05, 0.1) is 31.5 Å². The van der Waals surface area contributed by atoms with Crippen LogP contribution in [0.2, 0.25) is 0 Å². The van der Waals surface area contributed by atoms with Crippen LogP contribution >= 0.6 is 0 Å². The molecule has 2 heterocycles. The minimum Gasteiger partial charge on any atom is -0.373 e. The molecule has 0 amide bonds. The molecule has 2 fully saturated rings. The number of hydrogen-bond donors (Lipinski definition) is 0. The van der Waals surface area contributed by atoms with Crippen LogP contribution in [0.4, 0.5) is 0 Å². The van der Waals surface area contributed by atoms with Crippen LogP contribution in [0.1, 0.15) is 12.8 Å². The molecule has 100 valence electrons. The average Bonchev–Trinajstić information content (AvgIpc) is 2.99. The molecule has 2 rings (SSSR count). The van der Waals surface area contributed by atoms with E-state index in [0.717, 1.165) is 39.0 Å². The summed E-state index contributed by atoms with van der Waals surface area (Å²) in [5, 5.41) is 12.3. The molecule has 0 bridgehead atoms. The summed E-state index contributed by atoms with van der Waals surface area (Å²) in [7, 11) is 0. The van der Waals surface area contributed by atoms with Crippen molar-refractivity contribution < 1.29 is 14.1 Å². The molecule has 2 aliphatic heterocycles. The molecule has 2 saturated heterocycles. The van der Waals surface area contributed by atoms with E-state index in [9.17, 15) is 0 Å². The standard InChI is InChI=1S/C12H16N5O2/c1-14-11(10-13)15-19-12(16-4-2-3-5-16)17-6-8-18-9-7-17/h2-9H2/q+1. The molecule has 0 aromatic carbocycles. The number of morpholine rings is 1. The summed E-state index contributed by atoms with van der Waals surface area (Å²) in [5.41, 5.74) is 0. The molecule has 0 radical (unpaired) electrons. The fraction of sp³-hybridized carbons (Fsp3) is 0.667. The number of rotatable bonds is 1. The second kappa shape index (κ2) is 6.72. The first-order valence-corrected chi connectivity index (χ1v) is 6.32. The van der Waals surface area contributed by atoms with Gasteiger partial charge in [-0.25, -0.2) is 14.7 Å². The lowest BCUT2D eigenvalue weighted by molar-refractivity contribution is -0.521. The lowest BCUT2D eigenvalue weighted by atomic mass is 10.4. The van der Waals surface area contributed by atoms with E-state index in [1.54, 1.807) is 6.07 Å². The Bertz CT molecular complexity index is 441. The van der Waals surface area contributed by atoms with E-state index in [-0.39, 0.29) is 5.84 Å². The van der Waals surface area contributed by atoms with E-state index in [4.69, 9.17) is 21.4 Å². The quantitative estimate of drug-likeness (QED) is 0.223. The van der Waals surface area contributed by atoms with Crippen LogP contribution in [0.5, 0.6) is 0 Å². The largest absolute Gasteiger partial charge is 0.492 e. The van der Waals surface area contributed by atoms with Crippen molar-refractivity contribution in [3.63, 3.8) is 0 Å². The fourth-order valence-corrected chi connectivity index (χ4v) is 2.13. The molecule has 19 heavy (non-hydrogen) atoms. The second-order valence-electron chi connectivity index (χ2n) is 4.31. The zero-order valence-corrected chi connectivity index (χ0v) is 10.7. The minimum atomic E-state index is -0.287. The highest BCUT2D eigenvalue weighted by molar-refractivity contribution is 6.03. The van der Waals surface area contributed by atoms with Gasteiger partial charge in [0.25, 0.3) is 0 Å². The van der Waals surface area contributed by atoms with Gasteiger partial charge in [0, 0.05) is 0 Å². The van der Waals surface area contributed by atoms with Crippen molar-refractivity contribution in [1.29, 1.82) is 5.26 Å². The molecule has 2 aliphatic rings. The highest BCUT2D eigenvalue weighted by Crippen LogP contribution is 2.07. The molecule has 0 aromatic heterocycles. The first kappa shape index (κ1) is 13.3. The Kier molecular flexibility index (Phi) is 4.71. The monoisotopic (exact) mass is 262 g/mol. The Morgan fingerprint density at radius 1 is 1.37 bits per heavy atom. The molecule has 0 aromatic rings. The van der Waals surface area contributed by atoms with E-state index in [1.165, 1.54) is 0 Å². The van der Waals surface area contributed by atoms with Gasteiger partial charge in [-0.15, -0.1) is 0 Å². The van der Waals surface area contributed by atoms with E-state index >= 15 is 0 Å². The van der Waals surface area contributed by atoms with Gasteiger partial charge in [-0.2, -0.15) is 4.84 Å². The van der Waals surface area contributed by atoms with Crippen LogP contribution in [-0.2, 0) is 9.57 Å². The normalized spacial score (nSPS) is 19.8. The predicted octanol–water partition coefficient (Wildman–Crippen LogP) is 0.254. The maximum absolute atomic E-state index is 8.68. The summed E-state index contributed by atoms with van der Waals surface area (Å²) in [6.07, 6.45) is 2.24. The highest BCUT2D eigenvalue weighted by atomic mass is 16.7. The molecule has 7 nitrogen and oxygen atoms in total. The van der Waals surface area contributed by atoms with E-state index < -0.39 is 0 Å². The van der Waals surface area contributed by atoms with Crippen LogP contribution in [0.3, 0.4) is 0 Å². The summed E-state index contributed by atoms with van der Waals surface area (Å²) in [6, 6.07) is 2.33. The summed E-state index contributed by atoms with van der Waals surface area (Å²) < 4.78 is 7.42. The first-order valence-electron chi connectivity index (χ1n) is 6.32. The Balaban J connectivity index is 2.16. The van der Waals surface area contributed by atoms with Crippen molar-refractivity contribution in [3.05, 3.63) is 11.4 Å². The van der Waals surface area contributed by atoms with Crippen LogP contribution in [-0.4, -0.2) is 60.7 Å². The molecule has 0 aliphatic carbocycles. The molecular weight excluding hydrogens is 246 g/mol. The van der Waals surface area contributed by atoms with Crippen molar-refractivity contribution in [2.45, 2.75) is 12.8 Å². The van der Waals surface area contributed by atoms with Gasteiger partial charge in [-0.05, 0) is 12.8 Å². The summed E-state index contributed by atoms with van der Waals surface area (Å²) >= 11 is 0. The Morgan fingerprint density at radius 2 is 2.05 bits per heavy atom. The predicted molar refractivity (Wildman–Crippen MR) is 67.4 cm³/mol. The van der Waals surface area contributed by atoms with Gasteiger partial charge < -0.3 is 9.58 Å². The van der Waals surface area contributed by atoms with Crippen LogP contribution in [0.15, 0.2) is 5.16 Å². The van der Waals surface area contributed by atoms with Gasteiger partial charge in [0.2, 0.25) is 0 Å². The van der Waals surface area contributed by atoms with E-state index in [2.05, 4.69) is 19.5 Å². The Hall–Kier alpha value is -2.12. The third-order valence-electron chi connectivity index (χ3n) is 3.08. The van der Waals surface area contributed by atoms with Gasteiger partial charge in [0.15, 0.2) is 0 Å². The Labute approximate surface area is 112 Å². The van der Waals surface area contributed by atoms with Gasteiger partial charge >= 0.3 is 11.9 Å². The summed E-state index contributed by atoms with van der Waals surface area (Å²) in [5.74, 6) is -0.287. The number of nitriles is 1. The third-order valence-corrected chi connectivity index (χ3v) is 3.08. The molecule has 0 saturated carbocycles. The number of amidine groups is 2. The summed E-state index contributed by atoms with van der Waals surface area (Å²) in [6.45, 7) is 11.4. The van der Waals surface area contributed by atoms with Crippen LogP contribution in [0.25, 0.3) is 4.85 Å². The number of oxime groups is 1. The fourth-order valence-electron chi connectivity index (χ4n) is 2.13. The summed E-state index contributed by atoms with van der Waals surface area (Å²) in [4.78, 5) is 10.4. The molecule has 0 spiro atoms. The van der Waals surface area contributed by atoms with Crippen LogP contribution < -0.4 is 0 Å². The zero-order valence-electron chi connectivity index (χ0n) is 10.7. The van der Waals surface area contributed by atoms with Crippen molar-refractivity contribution in [1.82, 2.24) is 4.90 Å². The van der Waals surface area contributed by atoms with Crippen molar-refractivity contribution in [2.24, 2.45) is 5.16 Å². The number of ether oxygens (including phenoxy) is 1. The SMILES string of the molecule is [C-]#[N+]C(C#N)=NOC(N1CCOCC1)=[N+]1CCCC1. The maximum atomic E-state index is 8.68. The van der Waals surface area contributed by atoms with Gasteiger partial charge in [0.1, 0.15) is 19.2 Å². The zero-order chi connectivity index (χ0) is 13.5. The van der Waals surface area contributed by atoms with Crippen molar-refractivity contribution in [3.8, 4) is 6.07 Å². The number of hydrogen-bond acceptors (Lipinski definition) is 4. The maximum Gasteiger partial charge on any atom is 0.492 e.